The van der Waals surface area contributed by atoms with Crippen molar-refractivity contribution in [3.63, 3.8) is 0 Å². The van der Waals surface area contributed by atoms with E-state index < -0.39 is 0 Å². The van der Waals surface area contributed by atoms with Gasteiger partial charge in [0.15, 0.2) is 0 Å². The van der Waals surface area contributed by atoms with Crippen LogP contribution in [-0.2, 0) is 0 Å². The Balaban J connectivity index is 1.78. The summed E-state index contributed by atoms with van der Waals surface area (Å²) < 4.78 is 0. The van der Waals surface area contributed by atoms with Gasteiger partial charge in [0.1, 0.15) is 5.82 Å². The average molecular weight is 400 g/mol. The Kier molecular flexibility index (Phi) is 5.30. The molecule has 0 aliphatic carbocycles. The first kappa shape index (κ1) is 18.2. The summed E-state index contributed by atoms with van der Waals surface area (Å²) >= 11 is 12.1. The van der Waals surface area contributed by atoms with Crippen LogP contribution in [0.2, 0.25) is 10.0 Å². The molecule has 0 amide bonds. The van der Waals surface area contributed by atoms with Crippen LogP contribution in [0.4, 0.5) is 5.82 Å². The minimum absolute atomic E-state index is 0.224. The van der Waals surface area contributed by atoms with Gasteiger partial charge < -0.3 is 10.0 Å². The summed E-state index contributed by atoms with van der Waals surface area (Å²) in [7, 11) is 0. The number of aliphatic hydroxyl groups is 1. The molecule has 1 aliphatic heterocycles. The molecule has 0 bridgehead atoms. The molecule has 1 aliphatic rings. The van der Waals surface area contributed by atoms with Crippen LogP contribution in [0.15, 0.2) is 54.7 Å². The number of piperidine rings is 1. The molecule has 1 aromatic heterocycles. The first-order valence-electron chi connectivity index (χ1n) is 8.92. The van der Waals surface area contributed by atoms with E-state index >= 15 is 0 Å². The first-order chi connectivity index (χ1) is 13.1. The number of rotatable bonds is 3. The van der Waals surface area contributed by atoms with Gasteiger partial charge in [-0.05, 0) is 37.1 Å². The summed E-state index contributed by atoms with van der Waals surface area (Å²) in [5, 5.41) is 11.1. The van der Waals surface area contributed by atoms with E-state index in [4.69, 9.17) is 33.2 Å². The van der Waals surface area contributed by atoms with Crippen molar-refractivity contribution in [2.45, 2.75) is 18.9 Å². The van der Waals surface area contributed by atoms with Crippen LogP contribution in [0.25, 0.3) is 22.5 Å². The van der Waals surface area contributed by atoms with E-state index in [1.54, 1.807) is 6.20 Å². The standard InChI is InChI=1S/C21H19Cl2N3O/c22-16-5-1-14(2-6-16)20-21(15-3-7-17(23)8-4-15)25-19(13-24-20)26-11-9-18(27)10-12-26/h1-8,13,18,27H,9-12H2. The molecule has 1 N–H and O–H groups in total. The van der Waals surface area contributed by atoms with Crippen molar-refractivity contribution < 1.29 is 5.11 Å². The van der Waals surface area contributed by atoms with Crippen molar-refractivity contribution in [3.05, 3.63) is 64.8 Å². The highest BCUT2D eigenvalue weighted by atomic mass is 35.5. The second-order valence-electron chi connectivity index (χ2n) is 6.66. The number of aromatic nitrogens is 2. The minimum atomic E-state index is -0.224. The summed E-state index contributed by atoms with van der Waals surface area (Å²) in [4.78, 5) is 11.8. The van der Waals surface area contributed by atoms with Crippen molar-refractivity contribution in [2.75, 3.05) is 18.0 Å². The normalized spacial score (nSPS) is 15.1. The van der Waals surface area contributed by atoms with E-state index in [2.05, 4.69) is 4.90 Å². The molecule has 1 fully saturated rings. The van der Waals surface area contributed by atoms with Crippen LogP contribution < -0.4 is 4.90 Å². The van der Waals surface area contributed by atoms with Crippen LogP contribution in [0.5, 0.6) is 0 Å². The second kappa shape index (κ2) is 7.85. The van der Waals surface area contributed by atoms with Gasteiger partial charge in [-0.3, -0.25) is 4.98 Å². The molecule has 0 saturated carbocycles. The number of halogens is 2. The average Bonchev–Trinajstić information content (AvgIpc) is 2.69. The lowest BCUT2D eigenvalue weighted by molar-refractivity contribution is 0.145. The Bertz CT molecular complexity index is 921. The van der Waals surface area contributed by atoms with E-state index in [1.807, 2.05) is 48.5 Å². The molecule has 0 radical (unpaired) electrons. The predicted molar refractivity (Wildman–Crippen MR) is 110 cm³/mol. The summed E-state index contributed by atoms with van der Waals surface area (Å²) in [6.45, 7) is 1.55. The van der Waals surface area contributed by atoms with Gasteiger partial charge in [0.05, 0.1) is 23.7 Å². The molecular weight excluding hydrogens is 381 g/mol. The highest BCUT2D eigenvalue weighted by Crippen LogP contribution is 2.32. The molecule has 3 aromatic rings. The number of hydrogen-bond acceptors (Lipinski definition) is 4. The predicted octanol–water partition coefficient (Wildman–Crippen LogP) is 5.08. The van der Waals surface area contributed by atoms with Gasteiger partial charge in [-0.2, -0.15) is 0 Å². The molecule has 1 saturated heterocycles. The Morgan fingerprint density at radius 2 is 1.33 bits per heavy atom. The van der Waals surface area contributed by atoms with Gasteiger partial charge in [-0.15, -0.1) is 0 Å². The van der Waals surface area contributed by atoms with Crippen molar-refractivity contribution in [3.8, 4) is 22.5 Å². The Labute approximate surface area is 168 Å². The molecule has 6 heteroatoms. The number of hydrogen-bond donors (Lipinski definition) is 1. The molecule has 4 nitrogen and oxygen atoms in total. The van der Waals surface area contributed by atoms with Crippen LogP contribution in [-0.4, -0.2) is 34.3 Å². The fourth-order valence-corrected chi connectivity index (χ4v) is 3.51. The minimum Gasteiger partial charge on any atom is -0.393 e. The van der Waals surface area contributed by atoms with E-state index in [1.165, 1.54) is 0 Å². The third kappa shape index (κ3) is 4.08. The fourth-order valence-electron chi connectivity index (χ4n) is 3.26. The maximum Gasteiger partial charge on any atom is 0.147 e. The van der Waals surface area contributed by atoms with Crippen LogP contribution in [0, 0.1) is 0 Å². The lowest BCUT2D eigenvalue weighted by Crippen LogP contribution is -2.36. The topological polar surface area (TPSA) is 49.2 Å². The molecule has 0 atom stereocenters. The number of aliphatic hydroxyl groups excluding tert-OH is 1. The zero-order valence-corrected chi connectivity index (χ0v) is 16.2. The SMILES string of the molecule is OC1CCN(c2cnc(-c3ccc(Cl)cc3)c(-c3ccc(Cl)cc3)n2)CC1. The maximum absolute atomic E-state index is 9.76. The van der Waals surface area contributed by atoms with E-state index in [9.17, 15) is 5.11 Å². The Morgan fingerprint density at radius 1 is 0.815 bits per heavy atom. The largest absolute Gasteiger partial charge is 0.393 e. The first-order valence-corrected chi connectivity index (χ1v) is 9.68. The lowest BCUT2D eigenvalue weighted by Gasteiger charge is -2.30. The van der Waals surface area contributed by atoms with E-state index in [0.29, 0.717) is 10.0 Å². The van der Waals surface area contributed by atoms with Crippen LogP contribution in [0.1, 0.15) is 12.8 Å². The quantitative estimate of drug-likeness (QED) is 0.666. The van der Waals surface area contributed by atoms with Crippen molar-refractivity contribution >= 4 is 29.0 Å². The molecule has 0 unspecified atom stereocenters. The van der Waals surface area contributed by atoms with Gasteiger partial charge in [-0.1, -0.05) is 47.5 Å². The smallest absolute Gasteiger partial charge is 0.147 e. The van der Waals surface area contributed by atoms with Gasteiger partial charge >= 0.3 is 0 Å². The van der Waals surface area contributed by atoms with Crippen molar-refractivity contribution in [2.24, 2.45) is 0 Å². The van der Waals surface area contributed by atoms with Crippen LogP contribution in [0.3, 0.4) is 0 Å². The van der Waals surface area contributed by atoms with Crippen LogP contribution >= 0.6 is 23.2 Å². The number of anilines is 1. The molecule has 138 valence electrons. The monoisotopic (exact) mass is 399 g/mol. The number of benzene rings is 2. The van der Waals surface area contributed by atoms with Gasteiger partial charge in [0.2, 0.25) is 0 Å². The third-order valence-electron chi connectivity index (χ3n) is 4.78. The molecule has 4 rings (SSSR count). The summed E-state index contributed by atoms with van der Waals surface area (Å²) in [5.41, 5.74) is 3.51. The van der Waals surface area contributed by atoms with E-state index in [0.717, 1.165) is 54.3 Å². The summed E-state index contributed by atoms with van der Waals surface area (Å²) in [5.74, 6) is 0.824. The Hall–Kier alpha value is -2.14. The van der Waals surface area contributed by atoms with Gasteiger partial charge in [0.25, 0.3) is 0 Å². The highest BCUT2D eigenvalue weighted by Gasteiger charge is 2.20. The summed E-state index contributed by atoms with van der Waals surface area (Å²) in [6, 6.07) is 15.2. The zero-order valence-electron chi connectivity index (χ0n) is 14.6. The second-order valence-corrected chi connectivity index (χ2v) is 7.53. The number of nitrogens with zero attached hydrogens (tertiary/aromatic N) is 3. The maximum atomic E-state index is 9.76. The Morgan fingerprint density at radius 3 is 1.89 bits per heavy atom. The van der Waals surface area contributed by atoms with Gasteiger partial charge in [-0.25, -0.2) is 4.98 Å². The zero-order chi connectivity index (χ0) is 18.8. The van der Waals surface area contributed by atoms with Gasteiger partial charge in [0, 0.05) is 34.3 Å². The highest BCUT2D eigenvalue weighted by molar-refractivity contribution is 6.31. The summed E-state index contributed by atoms with van der Waals surface area (Å²) in [6.07, 6.45) is 3.08. The van der Waals surface area contributed by atoms with E-state index in [-0.39, 0.29) is 6.10 Å². The molecule has 2 aromatic carbocycles. The molecule has 27 heavy (non-hydrogen) atoms. The fraction of sp³-hybridized carbons (Fsp3) is 0.238. The molecule has 2 heterocycles. The lowest BCUT2D eigenvalue weighted by atomic mass is 10.0. The van der Waals surface area contributed by atoms with Crippen molar-refractivity contribution in [1.82, 2.24) is 9.97 Å². The van der Waals surface area contributed by atoms with Crippen molar-refractivity contribution in [1.29, 1.82) is 0 Å². The third-order valence-corrected chi connectivity index (χ3v) is 5.29. The molecule has 0 spiro atoms. The molecular formula is C21H19Cl2N3O.